The SMILES string of the molecule is CC1CCCC(Sc2cccc(S(=O)(=O)N(C)C)c2N)C1. The molecule has 1 saturated carbocycles. The van der Waals surface area contributed by atoms with Crippen LogP contribution in [0.4, 0.5) is 5.69 Å². The zero-order chi connectivity index (χ0) is 15.6. The molecule has 0 heterocycles. The van der Waals surface area contributed by atoms with Gasteiger partial charge in [0.1, 0.15) is 4.90 Å². The maximum atomic E-state index is 12.3. The molecule has 1 aromatic rings. The third kappa shape index (κ3) is 3.73. The highest BCUT2D eigenvalue weighted by Crippen LogP contribution is 2.40. The molecule has 0 aromatic heterocycles. The number of sulfonamides is 1. The monoisotopic (exact) mass is 328 g/mol. The van der Waals surface area contributed by atoms with E-state index >= 15 is 0 Å². The van der Waals surface area contributed by atoms with Crippen molar-refractivity contribution in [2.45, 2.75) is 47.6 Å². The van der Waals surface area contributed by atoms with Crippen LogP contribution in [0.15, 0.2) is 28.0 Å². The summed E-state index contributed by atoms with van der Waals surface area (Å²) in [5, 5.41) is 0.536. The van der Waals surface area contributed by atoms with Crippen LogP contribution in [0.1, 0.15) is 32.6 Å². The van der Waals surface area contributed by atoms with Gasteiger partial charge in [0.05, 0.1) is 5.69 Å². The van der Waals surface area contributed by atoms with E-state index in [0.29, 0.717) is 10.9 Å². The van der Waals surface area contributed by atoms with Gasteiger partial charge < -0.3 is 5.73 Å². The van der Waals surface area contributed by atoms with Gasteiger partial charge in [-0.3, -0.25) is 0 Å². The molecular weight excluding hydrogens is 304 g/mol. The van der Waals surface area contributed by atoms with Crippen molar-refractivity contribution in [3.8, 4) is 0 Å². The Morgan fingerprint density at radius 2 is 2.00 bits per heavy atom. The molecule has 0 saturated heterocycles. The molecule has 2 rings (SSSR count). The van der Waals surface area contributed by atoms with Crippen LogP contribution < -0.4 is 5.73 Å². The van der Waals surface area contributed by atoms with E-state index in [0.717, 1.165) is 10.8 Å². The number of rotatable bonds is 4. The maximum Gasteiger partial charge on any atom is 0.244 e. The fraction of sp³-hybridized carbons (Fsp3) is 0.600. The lowest BCUT2D eigenvalue weighted by molar-refractivity contribution is 0.394. The highest BCUT2D eigenvalue weighted by molar-refractivity contribution is 8.00. The minimum atomic E-state index is -3.49. The normalized spacial score (nSPS) is 23.4. The van der Waals surface area contributed by atoms with E-state index < -0.39 is 10.0 Å². The maximum absolute atomic E-state index is 12.3. The molecule has 2 atom stereocenters. The molecule has 0 radical (unpaired) electrons. The standard InChI is InChI=1S/C15H24N2O2S2/c1-11-6-4-7-12(10-11)20-13-8-5-9-14(15(13)16)21(18,19)17(2)3/h5,8-9,11-12H,4,6-7,10,16H2,1-3H3. The summed E-state index contributed by atoms with van der Waals surface area (Å²) in [6.45, 7) is 2.28. The molecule has 6 heteroatoms. The van der Waals surface area contributed by atoms with Gasteiger partial charge >= 0.3 is 0 Å². The van der Waals surface area contributed by atoms with Crippen molar-refractivity contribution >= 4 is 27.5 Å². The van der Waals surface area contributed by atoms with Gasteiger partial charge in [0.2, 0.25) is 10.0 Å². The first-order valence-corrected chi connectivity index (χ1v) is 9.62. The number of para-hydroxylation sites is 1. The number of nitrogens with two attached hydrogens (primary N) is 1. The molecule has 1 aromatic carbocycles. The third-order valence-corrected chi connectivity index (χ3v) is 7.21. The zero-order valence-corrected chi connectivity index (χ0v) is 14.5. The van der Waals surface area contributed by atoms with E-state index in [1.54, 1.807) is 23.9 Å². The van der Waals surface area contributed by atoms with E-state index in [4.69, 9.17) is 5.73 Å². The van der Waals surface area contributed by atoms with Crippen molar-refractivity contribution < 1.29 is 8.42 Å². The lowest BCUT2D eigenvalue weighted by atomic mass is 9.91. The van der Waals surface area contributed by atoms with E-state index in [-0.39, 0.29) is 4.90 Å². The van der Waals surface area contributed by atoms with Gasteiger partial charge in [-0.05, 0) is 30.9 Å². The first-order valence-electron chi connectivity index (χ1n) is 7.30. The summed E-state index contributed by atoms with van der Waals surface area (Å²) in [4.78, 5) is 1.10. The van der Waals surface area contributed by atoms with Crippen LogP contribution in [0.3, 0.4) is 0 Å². The lowest BCUT2D eigenvalue weighted by Gasteiger charge is -2.26. The number of thioether (sulfide) groups is 1. The molecule has 2 unspecified atom stereocenters. The Morgan fingerprint density at radius 1 is 1.29 bits per heavy atom. The summed E-state index contributed by atoms with van der Waals surface area (Å²) in [5.41, 5.74) is 6.52. The molecule has 2 N–H and O–H groups in total. The van der Waals surface area contributed by atoms with Crippen molar-refractivity contribution in [2.24, 2.45) is 5.92 Å². The molecule has 4 nitrogen and oxygen atoms in total. The highest BCUT2D eigenvalue weighted by atomic mass is 32.2. The quantitative estimate of drug-likeness (QED) is 0.862. The molecular formula is C15H24N2O2S2. The number of benzene rings is 1. The Labute approximate surface area is 132 Å². The van der Waals surface area contributed by atoms with E-state index in [1.807, 2.05) is 6.07 Å². The molecule has 0 aliphatic heterocycles. The average molecular weight is 329 g/mol. The highest BCUT2D eigenvalue weighted by Gasteiger charge is 2.24. The van der Waals surface area contributed by atoms with Gasteiger partial charge in [0, 0.05) is 24.2 Å². The molecule has 1 aliphatic rings. The van der Waals surface area contributed by atoms with Crippen LogP contribution in [0.2, 0.25) is 0 Å². The second-order valence-electron chi connectivity index (χ2n) is 5.97. The van der Waals surface area contributed by atoms with Crippen molar-refractivity contribution in [1.82, 2.24) is 4.31 Å². The first-order chi connectivity index (χ1) is 9.82. The molecule has 1 aliphatic carbocycles. The van der Waals surface area contributed by atoms with Crippen LogP contribution in [-0.2, 0) is 10.0 Å². The Hall–Kier alpha value is -0.720. The number of nitrogens with zero attached hydrogens (tertiary/aromatic N) is 1. The van der Waals surface area contributed by atoms with Gasteiger partial charge in [0.25, 0.3) is 0 Å². The third-order valence-electron chi connectivity index (χ3n) is 3.97. The van der Waals surface area contributed by atoms with Gasteiger partial charge in [-0.2, -0.15) is 0 Å². The van der Waals surface area contributed by atoms with E-state index in [9.17, 15) is 8.42 Å². The first kappa shape index (κ1) is 16.6. The lowest BCUT2D eigenvalue weighted by Crippen LogP contribution is -2.23. The summed E-state index contributed by atoms with van der Waals surface area (Å²) in [7, 11) is -0.436. The second kappa shape index (κ2) is 6.58. The second-order valence-corrected chi connectivity index (χ2v) is 9.43. The summed E-state index contributed by atoms with van der Waals surface area (Å²) in [5.74, 6) is 0.742. The number of hydrogen-bond acceptors (Lipinski definition) is 4. The van der Waals surface area contributed by atoms with Crippen molar-refractivity contribution in [3.63, 3.8) is 0 Å². The number of hydrogen-bond donors (Lipinski definition) is 1. The Morgan fingerprint density at radius 3 is 2.62 bits per heavy atom. The number of anilines is 1. The largest absolute Gasteiger partial charge is 0.397 e. The van der Waals surface area contributed by atoms with Gasteiger partial charge in [0.15, 0.2) is 0 Å². The molecule has 1 fully saturated rings. The smallest absolute Gasteiger partial charge is 0.244 e. The Balaban J connectivity index is 2.26. The predicted molar refractivity (Wildman–Crippen MR) is 89.0 cm³/mol. The van der Waals surface area contributed by atoms with Crippen molar-refractivity contribution in [3.05, 3.63) is 18.2 Å². The zero-order valence-electron chi connectivity index (χ0n) is 12.9. The van der Waals surface area contributed by atoms with Gasteiger partial charge in [-0.25, -0.2) is 12.7 Å². The summed E-state index contributed by atoms with van der Waals surface area (Å²) in [6.07, 6.45) is 4.89. The molecule has 0 spiro atoms. The summed E-state index contributed by atoms with van der Waals surface area (Å²) in [6, 6.07) is 5.29. The van der Waals surface area contributed by atoms with Crippen molar-refractivity contribution in [2.75, 3.05) is 19.8 Å². The van der Waals surface area contributed by atoms with Crippen LogP contribution in [0.5, 0.6) is 0 Å². The Bertz CT molecular complexity index is 600. The fourth-order valence-corrected chi connectivity index (χ4v) is 5.27. The summed E-state index contributed by atoms with van der Waals surface area (Å²) >= 11 is 1.73. The van der Waals surface area contributed by atoms with Crippen LogP contribution in [0.25, 0.3) is 0 Å². The molecule has 21 heavy (non-hydrogen) atoms. The van der Waals surface area contributed by atoms with E-state index in [2.05, 4.69) is 6.92 Å². The van der Waals surface area contributed by atoms with Crippen LogP contribution >= 0.6 is 11.8 Å². The van der Waals surface area contributed by atoms with Gasteiger partial charge in [-0.15, -0.1) is 11.8 Å². The molecule has 118 valence electrons. The van der Waals surface area contributed by atoms with Crippen molar-refractivity contribution in [1.29, 1.82) is 0 Å². The number of nitrogen functional groups attached to an aromatic ring is 1. The molecule has 0 amide bonds. The predicted octanol–water partition coefficient (Wildman–Crippen LogP) is 3.19. The molecule has 0 bridgehead atoms. The van der Waals surface area contributed by atoms with E-state index in [1.165, 1.54) is 44.1 Å². The average Bonchev–Trinajstić information content (AvgIpc) is 2.41. The van der Waals surface area contributed by atoms with Gasteiger partial charge in [-0.1, -0.05) is 25.8 Å². The summed E-state index contributed by atoms with van der Waals surface area (Å²) < 4.78 is 25.8. The fourth-order valence-electron chi connectivity index (χ4n) is 2.71. The Kier molecular flexibility index (Phi) is 5.22. The van der Waals surface area contributed by atoms with Crippen LogP contribution in [0, 0.1) is 5.92 Å². The minimum Gasteiger partial charge on any atom is -0.397 e. The topological polar surface area (TPSA) is 63.4 Å². The van der Waals surface area contributed by atoms with Crippen LogP contribution in [-0.4, -0.2) is 32.1 Å². The minimum absolute atomic E-state index is 0.210.